The zero-order valence-electron chi connectivity index (χ0n) is 16.2. The van der Waals surface area contributed by atoms with Crippen LogP contribution in [0.4, 0.5) is 4.79 Å². The van der Waals surface area contributed by atoms with Crippen molar-refractivity contribution in [3.63, 3.8) is 0 Å². The Morgan fingerprint density at radius 3 is 2.11 bits per heavy atom. The highest BCUT2D eigenvalue weighted by Gasteiger charge is 2.20. The first kappa shape index (κ1) is 22.1. The summed E-state index contributed by atoms with van der Waals surface area (Å²) >= 11 is 0. The van der Waals surface area contributed by atoms with Crippen molar-refractivity contribution in [3.8, 4) is 17.2 Å². The first-order chi connectivity index (χ1) is 12.9. The quantitative estimate of drug-likeness (QED) is 0.621. The minimum Gasteiger partial charge on any atom is -0.493 e. The van der Waals surface area contributed by atoms with Crippen molar-refractivity contribution in [2.24, 2.45) is 0 Å². The van der Waals surface area contributed by atoms with Crippen molar-refractivity contribution in [2.45, 2.75) is 32.8 Å². The molecule has 0 heterocycles. The number of aryl methyl sites for hydroxylation is 1. The lowest BCUT2D eigenvalue weighted by molar-refractivity contribution is -0.154. The third kappa shape index (κ3) is 6.69. The molecule has 3 amide bonds. The summed E-state index contributed by atoms with van der Waals surface area (Å²) in [6, 6.07) is 2.84. The van der Waals surface area contributed by atoms with Gasteiger partial charge < -0.3 is 24.3 Å². The predicted molar refractivity (Wildman–Crippen MR) is 97.2 cm³/mol. The van der Waals surface area contributed by atoms with Gasteiger partial charge >= 0.3 is 12.0 Å². The van der Waals surface area contributed by atoms with Crippen LogP contribution in [0.5, 0.6) is 17.2 Å². The summed E-state index contributed by atoms with van der Waals surface area (Å²) in [5.41, 5.74) is 0.779. The largest absolute Gasteiger partial charge is 0.493 e. The lowest BCUT2D eigenvalue weighted by atomic mass is 10.1. The lowest BCUT2D eigenvalue weighted by Crippen LogP contribution is -2.44. The van der Waals surface area contributed by atoms with Crippen molar-refractivity contribution in [3.05, 3.63) is 17.7 Å². The van der Waals surface area contributed by atoms with Crippen LogP contribution >= 0.6 is 0 Å². The molecule has 2 N–H and O–H groups in total. The van der Waals surface area contributed by atoms with Crippen molar-refractivity contribution in [1.29, 1.82) is 0 Å². The molecule has 0 spiro atoms. The van der Waals surface area contributed by atoms with Crippen LogP contribution in [0.3, 0.4) is 0 Å². The van der Waals surface area contributed by atoms with Gasteiger partial charge in [0.05, 0.1) is 21.3 Å². The van der Waals surface area contributed by atoms with Crippen LogP contribution in [0, 0.1) is 0 Å². The molecule has 0 saturated heterocycles. The second-order valence-electron chi connectivity index (χ2n) is 5.51. The number of urea groups is 1. The molecule has 1 rings (SSSR count). The van der Waals surface area contributed by atoms with E-state index in [0.717, 1.165) is 5.56 Å². The summed E-state index contributed by atoms with van der Waals surface area (Å²) in [6.07, 6.45) is -0.697. The first-order valence-corrected chi connectivity index (χ1v) is 8.43. The van der Waals surface area contributed by atoms with Gasteiger partial charge in [0.25, 0.3) is 5.91 Å². The highest BCUT2D eigenvalue weighted by molar-refractivity contribution is 5.97. The third-order valence-electron chi connectivity index (χ3n) is 3.59. The molecule has 27 heavy (non-hydrogen) atoms. The van der Waals surface area contributed by atoms with Gasteiger partial charge in [-0.15, -0.1) is 0 Å². The zero-order valence-corrected chi connectivity index (χ0v) is 16.2. The molecular weight excluding hydrogens is 356 g/mol. The van der Waals surface area contributed by atoms with Crippen LogP contribution in [-0.2, 0) is 20.7 Å². The van der Waals surface area contributed by atoms with Gasteiger partial charge in [-0.3, -0.25) is 14.9 Å². The van der Waals surface area contributed by atoms with Crippen LogP contribution in [0.15, 0.2) is 12.1 Å². The fourth-order valence-electron chi connectivity index (χ4n) is 2.25. The highest BCUT2D eigenvalue weighted by atomic mass is 16.5. The molecule has 0 unspecified atom stereocenters. The molecule has 0 radical (unpaired) electrons. The van der Waals surface area contributed by atoms with E-state index in [1.807, 2.05) is 0 Å². The molecule has 0 aliphatic rings. The van der Waals surface area contributed by atoms with Gasteiger partial charge in [0, 0.05) is 13.0 Å². The van der Waals surface area contributed by atoms with Crippen LogP contribution < -0.4 is 24.8 Å². The predicted octanol–water partition coefficient (Wildman–Crippen LogP) is 1.42. The van der Waals surface area contributed by atoms with Gasteiger partial charge in [0.2, 0.25) is 5.75 Å². The number of ether oxygens (including phenoxy) is 4. The van der Waals surface area contributed by atoms with Crippen LogP contribution in [0.25, 0.3) is 0 Å². The van der Waals surface area contributed by atoms with E-state index in [1.165, 1.54) is 28.3 Å². The van der Waals surface area contributed by atoms with Gasteiger partial charge in [0.15, 0.2) is 17.6 Å². The van der Waals surface area contributed by atoms with Crippen LogP contribution in [0.1, 0.15) is 25.8 Å². The third-order valence-corrected chi connectivity index (χ3v) is 3.59. The number of nitrogens with one attached hydrogen (secondary N) is 2. The Kier molecular flexibility index (Phi) is 8.91. The molecule has 1 aromatic carbocycles. The Balaban J connectivity index is 2.64. The molecule has 0 saturated carbocycles. The van der Waals surface area contributed by atoms with Crippen molar-refractivity contribution < 1.29 is 33.3 Å². The second-order valence-corrected chi connectivity index (χ2v) is 5.51. The van der Waals surface area contributed by atoms with Gasteiger partial charge in [-0.2, -0.15) is 0 Å². The van der Waals surface area contributed by atoms with E-state index in [9.17, 15) is 14.4 Å². The fourth-order valence-corrected chi connectivity index (χ4v) is 2.25. The standard InChI is InChI=1S/C18H26N2O7/c1-6-19-18(23)20-17(22)11(2)27-15(21)8-7-12-9-13(24-3)16(26-5)14(10-12)25-4/h9-11H,6-8H2,1-5H3,(H2,19,20,22,23)/t11-/m1/s1. The summed E-state index contributed by atoms with van der Waals surface area (Å²) < 4.78 is 20.8. The number of carbonyl (C=O) groups excluding carboxylic acids is 3. The monoisotopic (exact) mass is 382 g/mol. The zero-order chi connectivity index (χ0) is 20.4. The number of amides is 3. The number of esters is 1. The molecule has 1 atom stereocenters. The van der Waals surface area contributed by atoms with Crippen LogP contribution in [0.2, 0.25) is 0 Å². The maximum Gasteiger partial charge on any atom is 0.321 e. The average molecular weight is 382 g/mol. The van der Waals surface area contributed by atoms with Crippen molar-refractivity contribution in [2.75, 3.05) is 27.9 Å². The minimum absolute atomic E-state index is 0.0391. The summed E-state index contributed by atoms with van der Waals surface area (Å²) in [6.45, 7) is 3.49. The van der Waals surface area contributed by atoms with E-state index >= 15 is 0 Å². The van der Waals surface area contributed by atoms with Crippen molar-refractivity contribution in [1.82, 2.24) is 10.6 Å². The first-order valence-electron chi connectivity index (χ1n) is 8.43. The molecule has 9 nitrogen and oxygen atoms in total. The maximum absolute atomic E-state index is 12.0. The molecule has 0 aliphatic carbocycles. The van der Waals surface area contributed by atoms with E-state index < -0.39 is 24.0 Å². The molecule has 1 aromatic rings. The number of methoxy groups -OCH3 is 3. The normalized spacial score (nSPS) is 11.1. The molecule has 0 aromatic heterocycles. The van der Waals surface area contributed by atoms with Crippen molar-refractivity contribution >= 4 is 17.9 Å². The number of benzene rings is 1. The van der Waals surface area contributed by atoms with E-state index in [1.54, 1.807) is 19.1 Å². The topological polar surface area (TPSA) is 112 Å². The molecule has 0 fully saturated rings. The Labute approximate surface area is 158 Å². The SMILES string of the molecule is CCNC(=O)NC(=O)[C@@H](C)OC(=O)CCc1cc(OC)c(OC)c(OC)c1. The van der Waals surface area contributed by atoms with Gasteiger partial charge in [0.1, 0.15) is 0 Å². The summed E-state index contributed by atoms with van der Waals surface area (Å²) in [7, 11) is 4.51. The van der Waals surface area contributed by atoms with Gasteiger partial charge in [-0.25, -0.2) is 4.79 Å². The summed E-state index contributed by atoms with van der Waals surface area (Å²) in [5, 5.41) is 4.51. The maximum atomic E-state index is 12.0. The van der Waals surface area contributed by atoms with Gasteiger partial charge in [-0.1, -0.05) is 0 Å². The number of hydrogen-bond acceptors (Lipinski definition) is 7. The molecule has 150 valence electrons. The summed E-state index contributed by atoms with van der Waals surface area (Å²) in [4.78, 5) is 35.1. The molecule has 9 heteroatoms. The van der Waals surface area contributed by atoms with E-state index in [-0.39, 0.29) is 6.42 Å². The number of carbonyl (C=O) groups is 3. The molecule has 0 bridgehead atoms. The number of hydrogen-bond donors (Lipinski definition) is 2. The van der Waals surface area contributed by atoms with E-state index in [4.69, 9.17) is 18.9 Å². The molecule has 0 aliphatic heterocycles. The van der Waals surface area contributed by atoms with E-state index in [0.29, 0.717) is 30.2 Å². The lowest BCUT2D eigenvalue weighted by Gasteiger charge is -2.15. The van der Waals surface area contributed by atoms with Crippen LogP contribution in [-0.4, -0.2) is 51.9 Å². The Morgan fingerprint density at radius 2 is 1.63 bits per heavy atom. The fraction of sp³-hybridized carbons (Fsp3) is 0.500. The minimum atomic E-state index is -1.08. The highest BCUT2D eigenvalue weighted by Crippen LogP contribution is 2.38. The smallest absolute Gasteiger partial charge is 0.321 e. The average Bonchev–Trinajstić information content (AvgIpc) is 2.65. The Morgan fingerprint density at radius 1 is 1.04 bits per heavy atom. The van der Waals surface area contributed by atoms with Gasteiger partial charge in [-0.05, 0) is 38.0 Å². The molecular formula is C18H26N2O7. The number of rotatable bonds is 9. The van der Waals surface area contributed by atoms with E-state index in [2.05, 4.69) is 10.6 Å². The Bertz CT molecular complexity index is 651. The number of imide groups is 1. The summed E-state index contributed by atoms with van der Waals surface area (Å²) in [5.74, 6) is 0.163. The Hall–Kier alpha value is -2.97. The second kappa shape index (κ2) is 10.9.